The van der Waals surface area contributed by atoms with Crippen LogP contribution < -0.4 is 0 Å². The molecule has 0 saturated heterocycles. The van der Waals surface area contributed by atoms with E-state index in [1.54, 1.807) is 18.2 Å². The number of nitrogens with zero attached hydrogens (tertiary/aromatic N) is 1. The van der Waals surface area contributed by atoms with Gasteiger partial charge in [-0.2, -0.15) is 0 Å². The minimum absolute atomic E-state index is 0.246. The van der Waals surface area contributed by atoms with Crippen molar-refractivity contribution >= 4 is 23.3 Å². The molecule has 0 amide bonds. The Labute approximate surface area is 204 Å². The highest BCUT2D eigenvalue weighted by molar-refractivity contribution is 5.95. The quantitative estimate of drug-likeness (QED) is 0.314. The first-order chi connectivity index (χ1) is 17.1. The van der Waals surface area contributed by atoms with Gasteiger partial charge in [0.1, 0.15) is 17.2 Å². The molecule has 0 aliphatic heterocycles. The highest BCUT2D eigenvalue weighted by Crippen LogP contribution is 2.48. The number of pyridine rings is 1. The van der Waals surface area contributed by atoms with E-state index in [9.17, 15) is 15.3 Å². The van der Waals surface area contributed by atoms with Crippen LogP contribution in [0.25, 0.3) is 34.4 Å². The minimum Gasteiger partial charge on any atom is -0.507 e. The van der Waals surface area contributed by atoms with Gasteiger partial charge in [0, 0.05) is 16.7 Å². The molecule has 6 rings (SSSR count). The summed E-state index contributed by atoms with van der Waals surface area (Å²) in [6.45, 7) is 0. The Morgan fingerprint density at radius 3 is 1.49 bits per heavy atom. The molecule has 0 fully saturated rings. The summed E-state index contributed by atoms with van der Waals surface area (Å²) < 4.78 is 0. The lowest BCUT2D eigenvalue weighted by molar-refractivity contribution is 0.473. The van der Waals surface area contributed by atoms with E-state index in [0.29, 0.717) is 0 Å². The van der Waals surface area contributed by atoms with Crippen LogP contribution in [0.2, 0.25) is 0 Å². The van der Waals surface area contributed by atoms with Crippen LogP contribution in [0.1, 0.15) is 46.5 Å². The predicted molar refractivity (Wildman–Crippen MR) is 140 cm³/mol. The number of allylic oxidation sites excluding steroid dienone is 2. The van der Waals surface area contributed by atoms with Crippen molar-refractivity contribution in [1.82, 2.24) is 4.98 Å². The summed E-state index contributed by atoms with van der Waals surface area (Å²) in [6.07, 6.45) is 7.35. The Morgan fingerprint density at radius 2 is 1.00 bits per heavy atom. The molecule has 172 valence electrons. The largest absolute Gasteiger partial charge is 0.507 e. The molecule has 2 aliphatic rings. The fourth-order valence-electron chi connectivity index (χ4n) is 5.33. The Kier molecular flexibility index (Phi) is 5.14. The van der Waals surface area contributed by atoms with Crippen LogP contribution in [0, 0.1) is 0 Å². The standard InChI is InChI=1S/C31H25NO3/c33-26-10-4-1-7-19(26)17-21-13-15-24-29(23-9-3-6-12-28(23)35)25-16-14-22(31(25)32-30(21)24)18-20-8-2-5-11-27(20)34/h1-12,17-18,33-35H,13-16H2/b21-17-,22-18+. The predicted octanol–water partition coefficient (Wildman–Crippen LogP) is 6.84. The second kappa shape index (κ2) is 8.48. The molecule has 0 bridgehead atoms. The molecular formula is C31H25NO3. The summed E-state index contributed by atoms with van der Waals surface area (Å²) in [5.41, 5.74) is 9.75. The first-order valence-electron chi connectivity index (χ1n) is 11.9. The third-order valence-corrected chi connectivity index (χ3v) is 7.00. The monoisotopic (exact) mass is 459 g/mol. The van der Waals surface area contributed by atoms with Gasteiger partial charge in [0.05, 0.1) is 11.4 Å². The molecule has 4 aromatic rings. The van der Waals surface area contributed by atoms with Crippen LogP contribution in [0.3, 0.4) is 0 Å². The summed E-state index contributed by atoms with van der Waals surface area (Å²) in [7, 11) is 0. The molecule has 1 aromatic heterocycles. The van der Waals surface area contributed by atoms with Crippen molar-refractivity contribution in [1.29, 1.82) is 0 Å². The summed E-state index contributed by atoms with van der Waals surface area (Å²) >= 11 is 0. The number of aromatic nitrogens is 1. The highest BCUT2D eigenvalue weighted by atomic mass is 16.3. The van der Waals surface area contributed by atoms with E-state index in [1.807, 2.05) is 66.7 Å². The summed E-state index contributed by atoms with van der Waals surface area (Å²) in [4.78, 5) is 5.18. The Morgan fingerprint density at radius 1 is 0.543 bits per heavy atom. The Balaban J connectivity index is 1.59. The first kappa shape index (κ1) is 21.2. The summed E-state index contributed by atoms with van der Waals surface area (Å²) in [5, 5.41) is 31.5. The maximum Gasteiger partial charge on any atom is 0.123 e. The van der Waals surface area contributed by atoms with Crippen molar-refractivity contribution in [2.45, 2.75) is 25.7 Å². The zero-order chi connectivity index (χ0) is 23.9. The number of hydrogen-bond donors (Lipinski definition) is 3. The van der Waals surface area contributed by atoms with Crippen molar-refractivity contribution in [3.8, 4) is 28.4 Å². The molecule has 0 unspecified atom stereocenters. The van der Waals surface area contributed by atoms with Crippen molar-refractivity contribution < 1.29 is 15.3 Å². The van der Waals surface area contributed by atoms with Crippen LogP contribution >= 0.6 is 0 Å². The Bertz CT molecular complexity index is 1440. The molecule has 35 heavy (non-hydrogen) atoms. The molecular weight excluding hydrogens is 434 g/mol. The number of para-hydroxylation sites is 3. The second-order valence-corrected chi connectivity index (χ2v) is 9.12. The van der Waals surface area contributed by atoms with Gasteiger partial charge in [0.2, 0.25) is 0 Å². The minimum atomic E-state index is 0.246. The Hall–Kier alpha value is -4.31. The molecule has 0 atom stereocenters. The van der Waals surface area contributed by atoms with E-state index >= 15 is 0 Å². The van der Waals surface area contributed by atoms with E-state index in [-0.39, 0.29) is 17.2 Å². The molecule has 4 heteroatoms. The number of phenols is 3. The van der Waals surface area contributed by atoms with E-state index < -0.39 is 0 Å². The number of fused-ring (bicyclic) bond motifs is 2. The van der Waals surface area contributed by atoms with Gasteiger partial charge in [-0.3, -0.25) is 0 Å². The second-order valence-electron chi connectivity index (χ2n) is 9.12. The van der Waals surface area contributed by atoms with E-state index in [1.165, 1.54) is 0 Å². The maximum absolute atomic E-state index is 10.8. The molecule has 2 aliphatic carbocycles. The smallest absolute Gasteiger partial charge is 0.123 e. The number of rotatable bonds is 3. The molecule has 0 spiro atoms. The molecule has 1 heterocycles. The van der Waals surface area contributed by atoms with Crippen molar-refractivity contribution in [2.24, 2.45) is 0 Å². The average molecular weight is 460 g/mol. The van der Waals surface area contributed by atoms with Crippen molar-refractivity contribution in [3.63, 3.8) is 0 Å². The van der Waals surface area contributed by atoms with E-state index in [0.717, 1.165) is 81.6 Å². The molecule has 4 nitrogen and oxygen atoms in total. The maximum atomic E-state index is 10.8. The molecule has 0 saturated carbocycles. The average Bonchev–Trinajstić information content (AvgIpc) is 3.45. The third kappa shape index (κ3) is 3.68. The lowest BCUT2D eigenvalue weighted by Gasteiger charge is -2.16. The van der Waals surface area contributed by atoms with Crippen LogP contribution in [0.15, 0.2) is 72.8 Å². The normalized spacial score (nSPS) is 16.6. The number of aromatic hydroxyl groups is 3. The highest BCUT2D eigenvalue weighted by Gasteiger charge is 2.31. The molecule has 3 aromatic carbocycles. The van der Waals surface area contributed by atoms with Crippen molar-refractivity contribution in [3.05, 3.63) is 106 Å². The third-order valence-electron chi connectivity index (χ3n) is 7.00. The summed E-state index contributed by atoms with van der Waals surface area (Å²) in [6, 6.07) is 22.2. The first-order valence-corrected chi connectivity index (χ1v) is 11.9. The van der Waals surface area contributed by atoms with E-state index in [2.05, 4.69) is 0 Å². The van der Waals surface area contributed by atoms with Crippen LogP contribution in [0.5, 0.6) is 17.2 Å². The zero-order valence-electron chi connectivity index (χ0n) is 19.2. The summed E-state index contributed by atoms with van der Waals surface area (Å²) in [5.74, 6) is 0.755. The number of benzene rings is 3. The van der Waals surface area contributed by atoms with Gasteiger partial charge < -0.3 is 15.3 Å². The van der Waals surface area contributed by atoms with Crippen LogP contribution in [-0.2, 0) is 12.8 Å². The number of hydrogen-bond acceptors (Lipinski definition) is 4. The lowest BCUT2D eigenvalue weighted by atomic mass is 9.92. The lowest BCUT2D eigenvalue weighted by Crippen LogP contribution is -2.01. The molecule has 3 N–H and O–H groups in total. The fourth-order valence-corrected chi connectivity index (χ4v) is 5.33. The fraction of sp³-hybridized carbons (Fsp3) is 0.129. The van der Waals surface area contributed by atoms with Gasteiger partial charge in [0.15, 0.2) is 0 Å². The van der Waals surface area contributed by atoms with Gasteiger partial charge in [-0.25, -0.2) is 4.98 Å². The van der Waals surface area contributed by atoms with Gasteiger partial charge in [0.25, 0.3) is 0 Å². The molecule has 0 radical (unpaired) electrons. The van der Waals surface area contributed by atoms with Crippen LogP contribution in [0.4, 0.5) is 0 Å². The van der Waals surface area contributed by atoms with Gasteiger partial charge in [-0.05, 0) is 83.9 Å². The van der Waals surface area contributed by atoms with E-state index in [4.69, 9.17) is 4.98 Å². The van der Waals surface area contributed by atoms with Gasteiger partial charge in [-0.1, -0.05) is 54.6 Å². The SMILES string of the molecule is Oc1ccccc1/C=C1/CCc2c1nc1c(c2-c2ccccc2O)CC/C1=C\c1ccccc1O. The topological polar surface area (TPSA) is 73.6 Å². The zero-order valence-corrected chi connectivity index (χ0v) is 19.2. The van der Waals surface area contributed by atoms with Gasteiger partial charge in [-0.15, -0.1) is 0 Å². The number of phenolic OH excluding ortho intramolecular Hbond substituents is 3. The van der Waals surface area contributed by atoms with Gasteiger partial charge >= 0.3 is 0 Å². The van der Waals surface area contributed by atoms with Crippen LogP contribution in [-0.4, -0.2) is 20.3 Å². The van der Waals surface area contributed by atoms with Crippen molar-refractivity contribution in [2.75, 3.05) is 0 Å².